The Labute approximate surface area is 227 Å². The lowest BCUT2D eigenvalue weighted by Crippen LogP contribution is -2.43. The monoisotopic (exact) mass is 553 g/mol. The molecule has 0 bridgehead atoms. The Balaban J connectivity index is 1.48. The fraction of sp³-hybridized carbons (Fsp3) is 0.154. The van der Waals surface area contributed by atoms with E-state index in [9.17, 15) is 14.0 Å². The van der Waals surface area contributed by atoms with Crippen LogP contribution >= 0.6 is 23.2 Å². The Bertz CT molecular complexity index is 1510. The molecule has 5 rings (SSSR count). The standard InChI is InChI=1S/C26H22Cl2FN7O2/c1-14-22(13-31-34-14)32-26(38)21-12-23(36(35-21)15-6-3-2-4-7-15)33-25(37)17-10-16(18(27)11-19(17)28)24-20(29)8-5-9-30-24/h2-12,14,22,31,34H,13H2,1H3,(H,32,38)(H,33,37). The number of anilines is 1. The van der Waals surface area contributed by atoms with Crippen LogP contribution in [-0.2, 0) is 0 Å². The second kappa shape index (κ2) is 10.9. The van der Waals surface area contributed by atoms with Gasteiger partial charge < -0.3 is 10.6 Å². The zero-order valence-electron chi connectivity index (χ0n) is 20.0. The highest BCUT2D eigenvalue weighted by molar-refractivity contribution is 6.38. The Kier molecular flexibility index (Phi) is 7.39. The second-order valence-electron chi connectivity index (χ2n) is 8.66. The maximum Gasteiger partial charge on any atom is 0.272 e. The number of nitrogens with zero attached hydrogens (tertiary/aromatic N) is 3. The number of para-hydroxylation sites is 1. The fourth-order valence-corrected chi connectivity index (χ4v) is 4.60. The maximum atomic E-state index is 14.4. The average molecular weight is 554 g/mol. The molecule has 3 heterocycles. The first-order valence-corrected chi connectivity index (χ1v) is 12.4. The summed E-state index contributed by atoms with van der Waals surface area (Å²) in [4.78, 5) is 30.4. The van der Waals surface area contributed by atoms with Gasteiger partial charge in [-0.15, -0.1) is 0 Å². The summed E-state index contributed by atoms with van der Waals surface area (Å²) in [5, 5.41) is 10.4. The van der Waals surface area contributed by atoms with E-state index in [0.29, 0.717) is 12.2 Å². The van der Waals surface area contributed by atoms with Gasteiger partial charge in [0.25, 0.3) is 11.8 Å². The first-order valence-electron chi connectivity index (χ1n) is 11.7. The lowest BCUT2D eigenvalue weighted by atomic mass is 10.1. The molecule has 1 saturated heterocycles. The average Bonchev–Trinajstić information content (AvgIpc) is 3.51. The zero-order chi connectivity index (χ0) is 26.8. The molecule has 2 amide bonds. The molecule has 0 spiro atoms. The lowest BCUT2D eigenvalue weighted by molar-refractivity contribution is 0.0930. The second-order valence-corrected chi connectivity index (χ2v) is 9.47. The summed E-state index contributed by atoms with van der Waals surface area (Å²) in [6.07, 6.45) is 1.42. The van der Waals surface area contributed by atoms with Crippen molar-refractivity contribution >= 4 is 40.8 Å². The molecule has 2 aromatic carbocycles. The van der Waals surface area contributed by atoms with Crippen molar-refractivity contribution in [2.24, 2.45) is 0 Å². The zero-order valence-corrected chi connectivity index (χ0v) is 21.5. The third-order valence-electron chi connectivity index (χ3n) is 6.07. The number of benzene rings is 2. The van der Waals surface area contributed by atoms with E-state index in [1.807, 2.05) is 25.1 Å². The van der Waals surface area contributed by atoms with Gasteiger partial charge in [0.05, 0.1) is 27.3 Å². The van der Waals surface area contributed by atoms with Gasteiger partial charge in [0.1, 0.15) is 17.3 Å². The number of amides is 2. The van der Waals surface area contributed by atoms with Crippen molar-refractivity contribution in [2.75, 3.05) is 11.9 Å². The van der Waals surface area contributed by atoms with Crippen LogP contribution < -0.4 is 21.5 Å². The van der Waals surface area contributed by atoms with Crippen LogP contribution in [0.15, 0.2) is 66.9 Å². The molecule has 9 nitrogen and oxygen atoms in total. The molecule has 38 heavy (non-hydrogen) atoms. The topological polar surface area (TPSA) is 113 Å². The minimum absolute atomic E-state index is 0.0124. The molecule has 2 unspecified atom stereocenters. The van der Waals surface area contributed by atoms with Crippen molar-refractivity contribution in [1.29, 1.82) is 0 Å². The van der Waals surface area contributed by atoms with Crippen molar-refractivity contribution in [3.63, 3.8) is 0 Å². The van der Waals surface area contributed by atoms with Gasteiger partial charge in [-0.1, -0.05) is 41.4 Å². The maximum absolute atomic E-state index is 14.4. The summed E-state index contributed by atoms with van der Waals surface area (Å²) in [6.45, 7) is 2.50. The minimum atomic E-state index is -0.605. The SMILES string of the molecule is CC1NNCC1NC(=O)c1cc(NC(=O)c2cc(-c3ncccc3F)c(Cl)cc2Cl)n(-c2ccccc2)n1. The predicted octanol–water partition coefficient (Wildman–Crippen LogP) is 4.23. The molecule has 2 aromatic heterocycles. The van der Waals surface area contributed by atoms with E-state index in [1.165, 1.54) is 41.2 Å². The number of carbonyl (C=O) groups excluding carboxylic acids is 2. The van der Waals surface area contributed by atoms with E-state index in [-0.39, 0.29) is 50.5 Å². The highest BCUT2D eigenvalue weighted by atomic mass is 35.5. The third kappa shape index (κ3) is 5.25. The molecular weight excluding hydrogens is 532 g/mol. The first kappa shape index (κ1) is 25.8. The molecule has 1 fully saturated rings. The van der Waals surface area contributed by atoms with Crippen LogP contribution in [0.5, 0.6) is 0 Å². The van der Waals surface area contributed by atoms with Gasteiger partial charge in [-0.3, -0.25) is 25.4 Å². The predicted molar refractivity (Wildman–Crippen MR) is 143 cm³/mol. The number of rotatable bonds is 6. The Morgan fingerprint density at radius 3 is 2.55 bits per heavy atom. The van der Waals surface area contributed by atoms with Gasteiger partial charge in [0.15, 0.2) is 5.69 Å². The van der Waals surface area contributed by atoms with Crippen molar-refractivity contribution in [3.8, 4) is 16.9 Å². The van der Waals surface area contributed by atoms with Crippen LogP contribution in [0.25, 0.3) is 16.9 Å². The molecule has 2 atom stereocenters. The highest BCUT2D eigenvalue weighted by Crippen LogP contribution is 2.33. The van der Waals surface area contributed by atoms with Crippen molar-refractivity contribution < 1.29 is 14.0 Å². The smallest absolute Gasteiger partial charge is 0.272 e. The largest absolute Gasteiger partial charge is 0.345 e. The number of nitrogens with one attached hydrogen (secondary N) is 4. The van der Waals surface area contributed by atoms with Gasteiger partial charge >= 0.3 is 0 Å². The quantitative estimate of drug-likeness (QED) is 0.284. The minimum Gasteiger partial charge on any atom is -0.345 e. The molecule has 4 N–H and O–H groups in total. The summed E-state index contributed by atoms with van der Waals surface area (Å²) in [5.41, 5.74) is 7.02. The van der Waals surface area contributed by atoms with Crippen LogP contribution in [0, 0.1) is 5.82 Å². The molecule has 0 aliphatic carbocycles. The molecule has 1 aliphatic rings. The van der Waals surface area contributed by atoms with Gasteiger partial charge in [0.2, 0.25) is 0 Å². The molecule has 0 saturated carbocycles. The number of carbonyl (C=O) groups is 2. The normalized spacial score (nSPS) is 16.8. The van der Waals surface area contributed by atoms with Crippen molar-refractivity contribution in [2.45, 2.75) is 19.0 Å². The van der Waals surface area contributed by atoms with E-state index in [0.717, 1.165) is 0 Å². The molecular formula is C26H22Cl2FN7O2. The van der Waals surface area contributed by atoms with Crippen LogP contribution in [0.4, 0.5) is 10.2 Å². The number of halogens is 3. The third-order valence-corrected chi connectivity index (χ3v) is 6.70. The van der Waals surface area contributed by atoms with Gasteiger partial charge in [-0.05, 0) is 43.3 Å². The number of hydrogen-bond donors (Lipinski definition) is 4. The van der Waals surface area contributed by atoms with Gasteiger partial charge in [-0.25, -0.2) is 9.07 Å². The van der Waals surface area contributed by atoms with Crippen LogP contribution in [-0.4, -0.2) is 45.2 Å². The first-order chi connectivity index (χ1) is 18.3. The summed E-state index contributed by atoms with van der Waals surface area (Å²) < 4.78 is 15.9. The van der Waals surface area contributed by atoms with E-state index >= 15 is 0 Å². The van der Waals surface area contributed by atoms with E-state index in [1.54, 1.807) is 12.1 Å². The molecule has 0 radical (unpaired) electrons. The molecule has 12 heteroatoms. The summed E-state index contributed by atoms with van der Waals surface area (Å²) in [6, 6.07) is 15.8. The van der Waals surface area contributed by atoms with Crippen LogP contribution in [0.2, 0.25) is 10.0 Å². The summed E-state index contributed by atoms with van der Waals surface area (Å²) in [5.74, 6) is -1.36. The summed E-state index contributed by atoms with van der Waals surface area (Å²) >= 11 is 12.7. The van der Waals surface area contributed by atoms with E-state index < -0.39 is 17.6 Å². The van der Waals surface area contributed by atoms with E-state index in [4.69, 9.17) is 23.2 Å². The molecule has 4 aromatic rings. The number of aromatic nitrogens is 3. The highest BCUT2D eigenvalue weighted by Gasteiger charge is 2.27. The Hall–Kier alpha value is -3.83. The molecule has 1 aliphatic heterocycles. The Morgan fingerprint density at radius 2 is 1.84 bits per heavy atom. The van der Waals surface area contributed by atoms with Crippen LogP contribution in [0.3, 0.4) is 0 Å². The van der Waals surface area contributed by atoms with Crippen molar-refractivity contribution in [3.05, 3.63) is 94.0 Å². The molecule has 194 valence electrons. The van der Waals surface area contributed by atoms with Crippen LogP contribution in [0.1, 0.15) is 27.8 Å². The lowest BCUT2D eigenvalue weighted by Gasteiger charge is -2.14. The van der Waals surface area contributed by atoms with Gasteiger partial charge in [0, 0.05) is 30.4 Å². The fourth-order valence-electron chi connectivity index (χ4n) is 4.04. The number of hydrogen-bond acceptors (Lipinski definition) is 6. The number of pyridine rings is 1. The number of hydrazine groups is 1. The van der Waals surface area contributed by atoms with E-state index in [2.05, 4.69) is 31.6 Å². The summed E-state index contributed by atoms with van der Waals surface area (Å²) in [7, 11) is 0. The van der Waals surface area contributed by atoms with Crippen molar-refractivity contribution in [1.82, 2.24) is 30.9 Å². The van der Waals surface area contributed by atoms with Gasteiger partial charge in [-0.2, -0.15) is 5.10 Å². The Morgan fingerprint density at radius 1 is 1.05 bits per heavy atom.